The van der Waals surface area contributed by atoms with Crippen molar-refractivity contribution in [3.05, 3.63) is 58.1 Å². The van der Waals surface area contributed by atoms with E-state index in [1.165, 1.54) is 0 Å². The number of anilines is 1. The van der Waals surface area contributed by atoms with Gasteiger partial charge in [0.1, 0.15) is 5.75 Å². The minimum absolute atomic E-state index is 0.0324. The summed E-state index contributed by atoms with van der Waals surface area (Å²) in [5.41, 5.74) is 3.87. The molecule has 128 valence electrons. The monoisotopic (exact) mass is 345 g/mol. The average molecular weight is 346 g/mol. The molecule has 4 heteroatoms. The average Bonchev–Trinajstić information content (AvgIpc) is 2.57. The lowest BCUT2D eigenvalue weighted by atomic mass is 9.97. The molecule has 1 amide bonds. The number of nitrogens with one attached hydrogen (secondary N) is 1. The maximum Gasteiger partial charge on any atom is 0.262 e. The smallest absolute Gasteiger partial charge is 0.262 e. The number of hydrogen-bond acceptors (Lipinski definition) is 2. The largest absolute Gasteiger partial charge is 0.484 e. The van der Waals surface area contributed by atoms with Gasteiger partial charge in [-0.05, 0) is 61.1 Å². The zero-order valence-electron chi connectivity index (χ0n) is 14.7. The SMILES string of the molecule is CCC(C)c1ccccc1NC(=O)COc1cc(C)c(Cl)c(C)c1. The Labute approximate surface area is 149 Å². The second kappa shape index (κ2) is 8.20. The van der Waals surface area contributed by atoms with Gasteiger partial charge in [0.2, 0.25) is 0 Å². The molecule has 0 spiro atoms. The summed E-state index contributed by atoms with van der Waals surface area (Å²) in [5, 5.41) is 3.68. The van der Waals surface area contributed by atoms with Crippen molar-refractivity contribution in [2.75, 3.05) is 11.9 Å². The Morgan fingerprint density at radius 2 is 1.83 bits per heavy atom. The first-order valence-corrected chi connectivity index (χ1v) is 8.58. The summed E-state index contributed by atoms with van der Waals surface area (Å²) in [6.07, 6.45) is 1.02. The Bertz CT molecular complexity index is 704. The van der Waals surface area contributed by atoms with E-state index in [1.807, 2.05) is 44.2 Å². The van der Waals surface area contributed by atoms with Crippen molar-refractivity contribution in [2.45, 2.75) is 40.0 Å². The summed E-state index contributed by atoms with van der Waals surface area (Å²) in [6, 6.07) is 11.6. The van der Waals surface area contributed by atoms with Crippen molar-refractivity contribution in [3.8, 4) is 5.75 Å². The van der Waals surface area contributed by atoms with Crippen LogP contribution in [-0.4, -0.2) is 12.5 Å². The molecule has 2 aromatic rings. The molecule has 0 radical (unpaired) electrons. The van der Waals surface area contributed by atoms with Crippen molar-refractivity contribution in [1.82, 2.24) is 0 Å². The number of hydrogen-bond donors (Lipinski definition) is 1. The van der Waals surface area contributed by atoms with Crippen LogP contribution in [0.3, 0.4) is 0 Å². The van der Waals surface area contributed by atoms with Crippen molar-refractivity contribution in [1.29, 1.82) is 0 Å². The van der Waals surface area contributed by atoms with Gasteiger partial charge in [-0.15, -0.1) is 0 Å². The molecule has 0 aliphatic rings. The molecule has 1 unspecified atom stereocenters. The van der Waals surface area contributed by atoms with Crippen LogP contribution in [0.5, 0.6) is 5.75 Å². The first kappa shape index (κ1) is 18.3. The van der Waals surface area contributed by atoms with E-state index in [9.17, 15) is 4.79 Å². The van der Waals surface area contributed by atoms with Crippen LogP contribution < -0.4 is 10.1 Å². The van der Waals surface area contributed by atoms with E-state index < -0.39 is 0 Å². The first-order valence-electron chi connectivity index (χ1n) is 8.20. The predicted molar refractivity (Wildman–Crippen MR) is 100 cm³/mol. The zero-order chi connectivity index (χ0) is 17.7. The van der Waals surface area contributed by atoms with Crippen molar-refractivity contribution in [3.63, 3.8) is 0 Å². The topological polar surface area (TPSA) is 38.3 Å². The van der Waals surface area contributed by atoms with Gasteiger partial charge in [0, 0.05) is 10.7 Å². The molecule has 0 saturated heterocycles. The van der Waals surface area contributed by atoms with Gasteiger partial charge in [0.15, 0.2) is 6.61 Å². The summed E-state index contributed by atoms with van der Waals surface area (Å²) >= 11 is 6.15. The number of aryl methyl sites for hydroxylation is 2. The van der Waals surface area contributed by atoms with E-state index in [0.717, 1.165) is 33.8 Å². The number of rotatable bonds is 6. The number of para-hydroxylation sites is 1. The van der Waals surface area contributed by atoms with Crippen LogP contribution >= 0.6 is 11.6 Å². The van der Waals surface area contributed by atoms with Crippen LogP contribution in [0.15, 0.2) is 36.4 Å². The van der Waals surface area contributed by atoms with Gasteiger partial charge in [0.05, 0.1) is 0 Å². The highest BCUT2D eigenvalue weighted by atomic mass is 35.5. The van der Waals surface area contributed by atoms with E-state index >= 15 is 0 Å². The van der Waals surface area contributed by atoms with Gasteiger partial charge in [-0.3, -0.25) is 4.79 Å². The third-order valence-corrected chi connectivity index (χ3v) is 4.75. The summed E-state index contributed by atoms with van der Waals surface area (Å²) in [4.78, 5) is 12.2. The van der Waals surface area contributed by atoms with Gasteiger partial charge >= 0.3 is 0 Å². The Hall–Kier alpha value is -2.00. The molecule has 1 N–H and O–H groups in total. The Morgan fingerprint density at radius 1 is 1.21 bits per heavy atom. The molecule has 24 heavy (non-hydrogen) atoms. The minimum atomic E-state index is -0.170. The van der Waals surface area contributed by atoms with Gasteiger partial charge in [-0.2, -0.15) is 0 Å². The lowest BCUT2D eigenvalue weighted by molar-refractivity contribution is -0.118. The van der Waals surface area contributed by atoms with Crippen LogP contribution in [0.1, 0.15) is 42.9 Å². The number of halogens is 1. The molecule has 0 heterocycles. The zero-order valence-corrected chi connectivity index (χ0v) is 15.4. The van der Waals surface area contributed by atoms with E-state index in [4.69, 9.17) is 16.3 Å². The van der Waals surface area contributed by atoms with Gasteiger partial charge in [0.25, 0.3) is 5.91 Å². The standard InChI is InChI=1S/C20H24ClNO2/c1-5-13(2)17-8-6-7-9-18(17)22-19(23)12-24-16-10-14(3)20(21)15(4)11-16/h6-11,13H,5,12H2,1-4H3,(H,22,23). The fraction of sp³-hybridized carbons (Fsp3) is 0.350. The molecule has 0 aromatic heterocycles. The molecule has 1 atom stereocenters. The summed E-state index contributed by atoms with van der Waals surface area (Å²) in [7, 11) is 0. The van der Waals surface area contributed by atoms with Gasteiger partial charge < -0.3 is 10.1 Å². The van der Waals surface area contributed by atoms with Crippen LogP contribution in [0.2, 0.25) is 5.02 Å². The Balaban J connectivity index is 2.02. The second-order valence-electron chi connectivity index (χ2n) is 6.10. The molecule has 0 saturated carbocycles. The van der Waals surface area contributed by atoms with Crippen LogP contribution in [-0.2, 0) is 4.79 Å². The molecular weight excluding hydrogens is 322 g/mol. The number of carbonyl (C=O) groups is 1. The van der Waals surface area contributed by atoms with Gasteiger partial charge in [-0.25, -0.2) is 0 Å². The third-order valence-electron chi connectivity index (χ3n) is 4.16. The van der Waals surface area contributed by atoms with E-state index in [-0.39, 0.29) is 12.5 Å². The first-order chi connectivity index (χ1) is 11.4. The van der Waals surface area contributed by atoms with E-state index in [1.54, 1.807) is 0 Å². The third kappa shape index (κ3) is 4.51. The fourth-order valence-electron chi connectivity index (χ4n) is 2.59. The number of benzene rings is 2. The number of ether oxygens (including phenoxy) is 1. The van der Waals surface area contributed by atoms with Crippen molar-refractivity contribution < 1.29 is 9.53 Å². The maximum absolute atomic E-state index is 12.2. The quantitative estimate of drug-likeness (QED) is 0.752. The van der Waals surface area contributed by atoms with Gasteiger partial charge in [-0.1, -0.05) is 43.6 Å². The van der Waals surface area contributed by atoms with Crippen LogP contribution in [0.4, 0.5) is 5.69 Å². The molecule has 0 aliphatic heterocycles. The predicted octanol–water partition coefficient (Wildman–Crippen LogP) is 5.49. The minimum Gasteiger partial charge on any atom is -0.484 e. The molecule has 0 bridgehead atoms. The van der Waals surface area contributed by atoms with E-state index in [2.05, 4.69) is 25.2 Å². The molecule has 3 nitrogen and oxygen atoms in total. The second-order valence-corrected chi connectivity index (χ2v) is 6.48. The summed E-state index contributed by atoms with van der Waals surface area (Å²) in [5.74, 6) is 0.875. The summed E-state index contributed by atoms with van der Waals surface area (Å²) in [6.45, 7) is 8.10. The highest BCUT2D eigenvalue weighted by Crippen LogP contribution is 2.27. The Kier molecular flexibility index (Phi) is 6.27. The molecule has 2 aromatic carbocycles. The molecular formula is C20H24ClNO2. The van der Waals surface area contributed by atoms with Crippen molar-refractivity contribution in [2.24, 2.45) is 0 Å². The molecule has 2 rings (SSSR count). The number of amides is 1. The van der Waals surface area contributed by atoms with Crippen molar-refractivity contribution >= 4 is 23.2 Å². The Morgan fingerprint density at radius 3 is 2.46 bits per heavy atom. The number of carbonyl (C=O) groups excluding carboxylic acids is 1. The molecule has 0 aliphatic carbocycles. The van der Waals surface area contributed by atoms with Crippen LogP contribution in [0, 0.1) is 13.8 Å². The highest BCUT2D eigenvalue weighted by molar-refractivity contribution is 6.32. The lowest BCUT2D eigenvalue weighted by Crippen LogP contribution is -2.21. The normalized spacial score (nSPS) is 11.9. The fourth-order valence-corrected chi connectivity index (χ4v) is 2.69. The van der Waals surface area contributed by atoms with Crippen LogP contribution in [0.25, 0.3) is 0 Å². The van der Waals surface area contributed by atoms with E-state index in [0.29, 0.717) is 11.7 Å². The maximum atomic E-state index is 12.2. The lowest BCUT2D eigenvalue weighted by Gasteiger charge is -2.16. The molecule has 0 fully saturated rings. The summed E-state index contributed by atoms with van der Waals surface area (Å²) < 4.78 is 5.61. The highest BCUT2D eigenvalue weighted by Gasteiger charge is 2.12.